The van der Waals surface area contributed by atoms with E-state index in [1.807, 2.05) is 30.3 Å². The standard InChI is InChI=1S/C12H17NO5/c14-8-12(17,9-15)7-13-11(16)18-6-10-4-2-1-3-5-10/h1-5,14-15,17H,6-9H2,(H,13,16). The predicted octanol–water partition coefficient (Wildman–Crippen LogP) is -0.372. The lowest BCUT2D eigenvalue weighted by Gasteiger charge is -2.23. The summed E-state index contributed by atoms with van der Waals surface area (Å²) in [6.45, 7) is -1.47. The number of aliphatic hydroxyl groups is 3. The van der Waals surface area contributed by atoms with Crippen molar-refractivity contribution in [1.82, 2.24) is 5.32 Å². The van der Waals surface area contributed by atoms with E-state index in [2.05, 4.69) is 5.32 Å². The van der Waals surface area contributed by atoms with Crippen molar-refractivity contribution in [2.24, 2.45) is 0 Å². The average molecular weight is 255 g/mol. The van der Waals surface area contributed by atoms with Gasteiger partial charge in [0, 0.05) is 0 Å². The van der Waals surface area contributed by atoms with Crippen LogP contribution in [0.5, 0.6) is 0 Å². The smallest absolute Gasteiger partial charge is 0.407 e. The molecule has 1 aromatic carbocycles. The summed E-state index contributed by atoms with van der Waals surface area (Å²) in [7, 11) is 0. The number of benzene rings is 1. The number of rotatable bonds is 6. The number of carbonyl (C=O) groups excluding carboxylic acids is 1. The number of aliphatic hydroxyl groups excluding tert-OH is 2. The molecule has 6 nitrogen and oxygen atoms in total. The van der Waals surface area contributed by atoms with Crippen molar-refractivity contribution >= 4 is 6.09 Å². The molecule has 0 aliphatic heterocycles. The second kappa shape index (κ2) is 6.95. The van der Waals surface area contributed by atoms with Gasteiger partial charge in [0.1, 0.15) is 12.2 Å². The van der Waals surface area contributed by atoms with E-state index < -0.39 is 24.9 Å². The van der Waals surface area contributed by atoms with Crippen LogP contribution in [0.3, 0.4) is 0 Å². The van der Waals surface area contributed by atoms with Gasteiger partial charge in [-0.25, -0.2) is 4.79 Å². The Morgan fingerprint density at radius 3 is 2.39 bits per heavy atom. The quantitative estimate of drug-likeness (QED) is 0.556. The fraction of sp³-hybridized carbons (Fsp3) is 0.417. The zero-order chi connectivity index (χ0) is 13.4. The number of nitrogens with one attached hydrogen (secondary N) is 1. The van der Waals surface area contributed by atoms with Crippen LogP contribution in [0.4, 0.5) is 4.79 Å². The normalized spacial score (nSPS) is 11.1. The highest BCUT2D eigenvalue weighted by atomic mass is 16.5. The minimum Gasteiger partial charge on any atom is -0.445 e. The monoisotopic (exact) mass is 255 g/mol. The zero-order valence-electron chi connectivity index (χ0n) is 9.87. The highest BCUT2D eigenvalue weighted by Gasteiger charge is 2.25. The summed E-state index contributed by atoms with van der Waals surface area (Å²) in [4.78, 5) is 11.3. The lowest BCUT2D eigenvalue weighted by molar-refractivity contribution is -0.0523. The fourth-order valence-electron chi connectivity index (χ4n) is 1.17. The van der Waals surface area contributed by atoms with Gasteiger partial charge >= 0.3 is 6.09 Å². The van der Waals surface area contributed by atoms with Crippen LogP contribution in [0.1, 0.15) is 5.56 Å². The molecule has 0 aromatic heterocycles. The van der Waals surface area contributed by atoms with Crippen molar-refractivity contribution in [3.8, 4) is 0 Å². The molecule has 0 aliphatic rings. The minimum absolute atomic E-state index is 0.114. The van der Waals surface area contributed by atoms with Gasteiger partial charge < -0.3 is 25.4 Å². The molecule has 0 radical (unpaired) electrons. The van der Waals surface area contributed by atoms with E-state index in [1.165, 1.54) is 0 Å². The maximum Gasteiger partial charge on any atom is 0.407 e. The number of ether oxygens (including phenoxy) is 1. The molecule has 0 unspecified atom stereocenters. The molecule has 0 saturated carbocycles. The van der Waals surface area contributed by atoms with E-state index >= 15 is 0 Å². The first-order valence-corrected chi connectivity index (χ1v) is 5.48. The lowest BCUT2D eigenvalue weighted by Crippen LogP contribution is -2.48. The SMILES string of the molecule is O=C(NCC(O)(CO)CO)OCc1ccccc1. The lowest BCUT2D eigenvalue weighted by atomic mass is 10.1. The fourth-order valence-corrected chi connectivity index (χ4v) is 1.17. The van der Waals surface area contributed by atoms with Gasteiger partial charge in [-0.15, -0.1) is 0 Å². The molecule has 100 valence electrons. The molecule has 1 rings (SSSR count). The summed E-state index contributed by atoms with van der Waals surface area (Å²) in [6, 6.07) is 9.13. The summed E-state index contributed by atoms with van der Waals surface area (Å²) in [6.07, 6.45) is -0.723. The van der Waals surface area contributed by atoms with Crippen molar-refractivity contribution in [1.29, 1.82) is 0 Å². The van der Waals surface area contributed by atoms with Crippen LogP contribution < -0.4 is 5.32 Å². The van der Waals surface area contributed by atoms with Crippen molar-refractivity contribution < 1.29 is 24.9 Å². The van der Waals surface area contributed by atoms with Crippen LogP contribution in [0.15, 0.2) is 30.3 Å². The molecule has 0 spiro atoms. The van der Waals surface area contributed by atoms with Crippen molar-refractivity contribution in [2.75, 3.05) is 19.8 Å². The molecule has 4 N–H and O–H groups in total. The van der Waals surface area contributed by atoms with Gasteiger partial charge in [0.15, 0.2) is 0 Å². The first-order valence-electron chi connectivity index (χ1n) is 5.48. The zero-order valence-corrected chi connectivity index (χ0v) is 9.87. The van der Waals surface area contributed by atoms with E-state index in [0.29, 0.717) is 0 Å². The summed E-state index contributed by atoms with van der Waals surface area (Å²) in [5, 5.41) is 29.4. The minimum atomic E-state index is -1.73. The summed E-state index contributed by atoms with van der Waals surface area (Å²) in [5.74, 6) is 0. The number of amides is 1. The van der Waals surface area contributed by atoms with Crippen LogP contribution in [0.25, 0.3) is 0 Å². The van der Waals surface area contributed by atoms with Gasteiger partial charge in [-0.1, -0.05) is 30.3 Å². The Labute approximate surface area is 105 Å². The molecule has 0 atom stereocenters. The first-order chi connectivity index (χ1) is 8.59. The van der Waals surface area contributed by atoms with Crippen LogP contribution in [0, 0.1) is 0 Å². The second-order valence-electron chi connectivity index (χ2n) is 3.96. The van der Waals surface area contributed by atoms with Gasteiger partial charge in [-0.05, 0) is 5.56 Å². The van der Waals surface area contributed by atoms with Crippen molar-refractivity contribution in [3.63, 3.8) is 0 Å². The molecule has 6 heteroatoms. The van der Waals surface area contributed by atoms with Crippen LogP contribution in [-0.4, -0.2) is 46.8 Å². The Hall–Kier alpha value is -1.63. The molecule has 0 aliphatic carbocycles. The van der Waals surface area contributed by atoms with E-state index in [4.69, 9.17) is 14.9 Å². The number of hydrogen-bond donors (Lipinski definition) is 4. The molecular formula is C12H17NO5. The van der Waals surface area contributed by atoms with Crippen molar-refractivity contribution in [2.45, 2.75) is 12.2 Å². The van der Waals surface area contributed by atoms with Crippen LogP contribution in [-0.2, 0) is 11.3 Å². The molecule has 0 saturated heterocycles. The van der Waals surface area contributed by atoms with Gasteiger partial charge in [0.05, 0.1) is 19.8 Å². The summed E-state index contributed by atoms with van der Waals surface area (Å²) >= 11 is 0. The van der Waals surface area contributed by atoms with E-state index in [0.717, 1.165) is 5.56 Å². The topological polar surface area (TPSA) is 99.0 Å². The third-order valence-electron chi connectivity index (χ3n) is 2.36. The molecule has 0 heterocycles. The molecule has 1 amide bonds. The Morgan fingerprint density at radius 1 is 1.22 bits per heavy atom. The average Bonchev–Trinajstić information content (AvgIpc) is 2.43. The van der Waals surface area contributed by atoms with Crippen LogP contribution >= 0.6 is 0 Å². The highest BCUT2D eigenvalue weighted by molar-refractivity contribution is 5.67. The van der Waals surface area contributed by atoms with E-state index in [-0.39, 0.29) is 13.2 Å². The van der Waals surface area contributed by atoms with Gasteiger partial charge in [0.25, 0.3) is 0 Å². The Morgan fingerprint density at radius 2 is 1.83 bits per heavy atom. The first kappa shape index (κ1) is 14.4. The highest BCUT2D eigenvalue weighted by Crippen LogP contribution is 2.02. The maximum atomic E-state index is 11.3. The van der Waals surface area contributed by atoms with Gasteiger partial charge in [-0.3, -0.25) is 0 Å². The second-order valence-corrected chi connectivity index (χ2v) is 3.96. The van der Waals surface area contributed by atoms with Crippen LogP contribution in [0.2, 0.25) is 0 Å². The third kappa shape index (κ3) is 4.70. The number of hydrogen-bond acceptors (Lipinski definition) is 5. The summed E-state index contributed by atoms with van der Waals surface area (Å²) < 4.78 is 4.89. The Balaban J connectivity index is 2.30. The molecule has 0 bridgehead atoms. The predicted molar refractivity (Wildman–Crippen MR) is 63.8 cm³/mol. The summed E-state index contributed by atoms with van der Waals surface area (Å²) in [5.41, 5.74) is -0.890. The maximum absolute atomic E-state index is 11.3. The largest absolute Gasteiger partial charge is 0.445 e. The van der Waals surface area contributed by atoms with Gasteiger partial charge in [-0.2, -0.15) is 0 Å². The third-order valence-corrected chi connectivity index (χ3v) is 2.36. The molecule has 1 aromatic rings. The van der Waals surface area contributed by atoms with Crippen molar-refractivity contribution in [3.05, 3.63) is 35.9 Å². The Kier molecular flexibility index (Phi) is 5.57. The Bertz CT molecular complexity index is 364. The molecule has 18 heavy (non-hydrogen) atoms. The number of carbonyl (C=O) groups is 1. The molecule has 0 fully saturated rings. The number of alkyl carbamates (subject to hydrolysis) is 1. The van der Waals surface area contributed by atoms with Gasteiger partial charge in [0.2, 0.25) is 0 Å². The molecular weight excluding hydrogens is 238 g/mol. The van der Waals surface area contributed by atoms with E-state index in [1.54, 1.807) is 0 Å². The van der Waals surface area contributed by atoms with E-state index in [9.17, 15) is 9.90 Å².